The van der Waals surface area contributed by atoms with Crippen LogP contribution in [-0.4, -0.2) is 41.6 Å². The zero-order valence-corrected chi connectivity index (χ0v) is 12.0. The second-order valence-electron chi connectivity index (χ2n) is 4.89. The number of nitrogens with zero attached hydrogens (tertiary/aromatic N) is 2. The smallest absolute Gasteiger partial charge is 0.0987 e. The molecule has 2 heterocycles. The summed E-state index contributed by atoms with van der Waals surface area (Å²) in [6, 6.07) is 10.6. The normalized spacial score (nSPS) is 17.7. The fraction of sp³-hybridized carbons (Fsp3) is 0.400. The lowest BCUT2D eigenvalue weighted by atomic mass is 10.3. The van der Waals surface area contributed by atoms with Gasteiger partial charge in [0, 0.05) is 36.7 Å². The Kier molecular flexibility index (Phi) is 3.78. The highest BCUT2D eigenvalue weighted by molar-refractivity contribution is 7.99. The van der Waals surface area contributed by atoms with E-state index in [-0.39, 0.29) is 0 Å². The first kappa shape index (κ1) is 12.6. The van der Waals surface area contributed by atoms with E-state index >= 15 is 0 Å². The zero-order valence-electron chi connectivity index (χ0n) is 11.2. The van der Waals surface area contributed by atoms with E-state index in [0.29, 0.717) is 0 Å². The third kappa shape index (κ3) is 2.95. The minimum Gasteiger partial charge on any atom is -0.363 e. The van der Waals surface area contributed by atoms with Gasteiger partial charge >= 0.3 is 0 Å². The van der Waals surface area contributed by atoms with Crippen LogP contribution in [0.25, 0.3) is 10.9 Å². The van der Waals surface area contributed by atoms with E-state index in [9.17, 15) is 0 Å². The summed E-state index contributed by atoms with van der Waals surface area (Å²) in [5.74, 6) is 2.31. The van der Waals surface area contributed by atoms with Crippen LogP contribution in [0.1, 0.15) is 12.8 Å². The molecule has 4 heteroatoms. The molecule has 0 saturated carbocycles. The minimum absolute atomic E-state index is 0.902. The third-order valence-corrected chi connectivity index (χ3v) is 4.40. The third-order valence-electron chi connectivity index (χ3n) is 3.48. The van der Waals surface area contributed by atoms with Gasteiger partial charge in [0.2, 0.25) is 0 Å². The van der Waals surface area contributed by atoms with Crippen molar-refractivity contribution < 1.29 is 0 Å². The first-order chi connectivity index (χ1) is 9.33. The molecule has 1 N–H and O–H groups in total. The number of benzene rings is 1. The van der Waals surface area contributed by atoms with Crippen LogP contribution in [0.5, 0.6) is 0 Å². The molecular weight excluding hydrogens is 254 g/mol. The lowest BCUT2D eigenvalue weighted by molar-refractivity contribution is 0.548. The molecule has 0 unspecified atom stereocenters. The predicted molar refractivity (Wildman–Crippen MR) is 83.2 cm³/mol. The molecule has 1 saturated heterocycles. The van der Waals surface area contributed by atoms with Crippen molar-refractivity contribution in [3.63, 3.8) is 0 Å². The molecule has 1 aliphatic rings. The van der Waals surface area contributed by atoms with E-state index < -0.39 is 0 Å². The Morgan fingerprint density at radius 2 is 2.26 bits per heavy atom. The SMILES string of the molecule is CN1CCC/C1=N\CCSc1cc2ccccc2[nH]1. The number of thioether (sulfide) groups is 1. The van der Waals surface area contributed by atoms with Gasteiger partial charge in [-0.3, -0.25) is 4.99 Å². The summed E-state index contributed by atoms with van der Waals surface area (Å²) in [6.07, 6.45) is 2.40. The van der Waals surface area contributed by atoms with E-state index in [1.807, 2.05) is 11.8 Å². The van der Waals surface area contributed by atoms with Crippen LogP contribution in [0.2, 0.25) is 0 Å². The van der Waals surface area contributed by atoms with Crippen LogP contribution in [0, 0.1) is 0 Å². The van der Waals surface area contributed by atoms with E-state index in [2.05, 4.69) is 52.3 Å². The first-order valence-electron chi connectivity index (χ1n) is 6.78. The topological polar surface area (TPSA) is 31.4 Å². The number of fused-ring (bicyclic) bond motifs is 1. The number of H-pyrrole nitrogens is 1. The molecule has 1 aromatic heterocycles. The molecular formula is C15H19N3S. The number of nitrogens with one attached hydrogen (secondary N) is 1. The Morgan fingerprint density at radius 3 is 3.05 bits per heavy atom. The molecule has 1 fully saturated rings. The van der Waals surface area contributed by atoms with Crippen LogP contribution in [0.4, 0.5) is 0 Å². The number of amidine groups is 1. The van der Waals surface area contributed by atoms with Gasteiger partial charge in [0.15, 0.2) is 0 Å². The van der Waals surface area contributed by atoms with Crippen molar-refractivity contribution in [2.24, 2.45) is 4.99 Å². The van der Waals surface area contributed by atoms with Crippen LogP contribution in [0.15, 0.2) is 40.4 Å². The lowest BCUT2D eigenvalue weighted by Gasteiger charge is -2.10. The van der Waals surface area contributed by atoms with Crippen LogP contribution in [0.3, 0.4) is 0 Å². The number of aromatic amines is 1. The van der Waals surface area contributed by atoms with Gasteiger partial charge in [0.25, 0.3) is 0 Å². The standard InChI is InChI=1S/C15H19N3S/c1-18-9-4-7-14(18)16-8-10-19-15-11-12-5-2-3-6-13(12)17-15/h2-3,5-6,11,17H,4,7-10H2,1H3/b16-14+. The molecule has 0 aliphatic carbocycles. The highest BCUT2D eigenvalue weighted by Crippen LogP contribution is 2.23. The molecule has 0 bridgehead atoms. The summed E-state index contributed by atoms with van der Waals surface area (Å²) < 4.78 is 0. The molecule has 3 rings (SSSR count). The van der Waals surface area contributed by atoms with Gasteiger partial charge in [-0.25, -0.2) is 0 Å². The number of hydrogen-bond donors (Lipinski definition) is 1. The highest BCUT2D eigenvalue weighted by atomic mass is 32.2. The van der Waals surface area contributed by atoms with Crippen molar-refractivity contribution in [2.75, 3.05) is 25.9 Å². The molecule has 3 nitrogen and oxygen atoms in total. The van der Waals surface area contributed by atoms with Gasteiger partial charge in [0.1, 0.15) is 0 Å². The maximum absolute atomic E-state index is 4.68. The van der Waals surface area contributed by atoms with Crippen molar-refractivity contribution in [1.82, 2.24) is 9.88 Å². The molecule has 0 atom stereocenters. The highest BCUT2D eigenvalue weighted by Gasteiger charge is 2.12. The molecule has 19 heavy (non-hydrogen) atoms. The Labute approximate surface area is 118 Å². The van der Waals surface area contributed by atoms with E-state index in [0.717, 1.165) is 25.3 Å². The number of hydrogen-bond acceptors (Lipinski definition) is 2. The molecule has 0 spiro atoms. The second-order valence-corrected chi connectivity index (χ2v) is 6.03. The average Bonchev–Trinajstić information content (AvgIpc) is 3.00. The van der Waals surface area contributed by atoms with E-state index in [1.165, 1.54) is 28.2 Å². The molecule has 2 aromatic rings. The van der Waals surface area contributed by atoms with Gasteiger partial charge in [-0.05, 0) is 18.6 Å². The lowest BCUT2D eigenvalue weighted by Crippen LogP contribution is -2.19. The fourth-order valence-corrected chi connectivity index (χ4v) is 3.24. The summed E-state index contributed by atoms with van der Waals surface area (Å²) >= 11 is 1.85. The van der Waals surface area contributed by atoms with Gasteiger partial charge in [0.05, 0.1) is 17.4 Å². The molecule has 1 aliphatic heterocycles. The molecule has 0 amide bonds. The number of para-hydroxylation sites is 1. The van der Waals surface area contributed by atoms with Crippen molar-refractivity contribution in [2.45, 2.75) is 17.9 Å². The minimum atomic E-state index is 0.902. The van der Waals surface area contributed by atoms with Crippen LogP contribution < -0.4 is 0 Å². The second kappa shape index (κ2) is 5.70. The number of likely N-dealkylation sites (tertiary alicyclic amines) is 1. The summed E-state index contributed by atoms with van der Waals surface area (Å²) in [5.41, 5.74) is 1.21. The Hall–Kier alpha value is -1.42. The summed E-state index contributed by atoms with van der Waals surface area (Å²) in [5, 5.41) is 2.52. The van der Waals surface area contributed by atoms with Crippen molar-refractivity contribution in [3.05, 3.63) is 30.3 Å². The summed E-state index contributed by atoms with van der Waals surface area (Å²) in [6.45, 7) is 2.06. The monoisotopic (exact) mass is 273 g/mol. The van der Waals surface area contributed by atoms with Gasteiger partial charge in [-0.15, -0.1) is 11.8 Å². The Bertz CT molecular complexity index is 555. The summed E-state index contributed by atoms with van der Waals surface area (Å²) in [4.78, 5) is 10.4. The first-order valence-corrected chi connectivity index (χ1v) is 7.76. The van der Waals surface area contributed by atoms with E-state index in [4.69, 9.17) is 0 Å². The van der Waals surface area contributed by atoms with Crippen LogP contribution in [-0.2, 0) is 0 Å². The maximum atomic E-state index is 4.68. The number of aromatic nitrogens is 1. The van der Waals surface area contributed by atoms with Gasteiger partial charge in [-0.1, -0.05) is 18.2 Å². The average molecular weight is 273 g/mol. The van der Waals surface area contributed by atoms with E-state index in [1.54, 1.807) is 0 Å². The summed E-state index contributed by atoms with van der Waals surface area (Å²) in [7, 11) is 2.14. The molecule has 100 valence electrons. The largest absolute Gasteiger partial charge is 0.363 e. The quantitative estimate of drug-likeness (QED) is 0.684. The Morgan fingerprint density at radius 1 is 1.37 bits per heavy atom. The number of aliphatic imine (C=N–C) groups is 1. The predicted octanol–water partition coefficient (Wildman–Crippen LogP) is 3.38. The van der Waals surface area contributed by atoms with Crippen molar-refractivity contribution >= 4 is 28.5 Å². The zero-order chi connectivity index (χ0) is 13.1. The molecule has 0 radical (unpaired) electrons. The Balaban J connectivity index is 1.55. The maximum Gasteiger partial charge on any atom is 0.0987 e. The fourth-order valence-electron chi connectivity index (χ4n) is 2.45. The van der Waals surface area contributed by atoms with Gasteiger partial charge in [-0.2, -0.15) is 0 Å². The van der Waals surface area contributed by atoms with Crippen LogP contribution >= 0.6 is 11.8 Å². The number of rotatable bonds is 4. The van der Waals surface area contributed by atoms with Crippen molar-refractivity contribution in [1.29, 1.82) is 0 Å². The molecule has 1 aromatic carbocycles. The van der Waals surface area contributed by atoms with Gasteiger partial charge < -0.3 is 9.88 Å². The van der Waals surface area contributed by atoms with Crippen molar-refractivity contribution in [3.8, 4) is 0 Å².